The van der Waals surface area contributed by atoms with Crippen LogP contribution in [0.15, 0.2) is 0 Å². The molecule has 0 aliphatic rings. The molecule has 2 unspecified atom stereocenters. The van der Waals surface area contributed by atoms with E-state index in [0.717, 1.165) is 25.0 Å². The maximum absolute atomic E-state index is 11.0. The Hall–Kier alpha value is -0.570. The van der Waals surface area contributed by atoms with E-state index in [1.165, 1.54) is 32.1 Å². The average Bonchev–Trinajstić information content (AvgIpc) is 2.55. The van der Waals surface area contributed by atoms with E-state index in [9.17, 15) is 4.79 Å². The molecule has 0 saturated carbocycles. The van der Waals surface area contributed by atoms with Crippen LogP contribution in [0.3, 0.4) is 0 Å². The van der Waals surface area contributed by atoms with Gasteiger partial charge in [0.05, 0.1) is 12.5 Å². The van der Waals surface area contributed by atoms with E-state index in [4.69, 9.17) is 9.47 Å². The minimum atomic E-state index is -0.111. The fraction of sp³-hybridized carbons (Fsp3) is 0.955. The largest absolute Gasteiger partial charge is 0.465 e. The first kappa shape index (κ1) is 26.7. The highest BCUT2D eigenvalue weighted by atomic mass is 16.5. The molecule has 0 aromatic rings. The Bertz CT molecular complexity index is 305. The van der Waals surface area contributed by atoms with Crippen molar-refractivity contribution in [2.45, 2.75) is 94.4 Å². The molecule has 0 bridgehead atoms. The Labute approximate surface area is 158 Å². The molecule has 0 heterocycles. The number of carbonyl (C=O) groups is 1. The van der Waals surface area contributed by atoms with Gasteiger partial charge in [0.1, 0.15) is 0 Å². The molecule has 152 valence electrons. The Morgan fingerprint density at radius 2 is 1.56 bits per heavy atom. The van der Waals surface area contributed by atoms with Gasteiger partial charge in [0.25, 0.3) is 0 Å². The van der Waals surface area contributed by atoms with Crippen LogP contribution in [0.25, 0.3) is 0 Å². The van der Waals surface area contributed by atoms with Crippen LogP contribution < -0.4 is 0 Å². The summed E-state index contributed by atoms with van der Waals surface area (Å²) in [5.41, 5.74) is 0.0740. The van der Waals surface area contributed by atoms with Crippen LogP contribution in [0.1, 0.15) is 94.4 Å². The Morgan fingerprint density at radius 1 is 0.960 bits per heavy atom. The zero-order valence-corrected chi connectivity index (χ0v) is 18.6. The number of hydrogen-bond acceptors (Lipinski definition) is 3. The molecule has 0 amide bonds. The van der Waals surface area contributed by atoms with Gasteiger partial charge in [-0.15, -0.1) is 0 Å². The smallest absolute Gasteiger partial charge is 0.308 e. The van der Waals surface area contributed by atoms with Crippen molar-refractivity contribution in [1.29, 1.82) is 0 Å². The Morgan fingerprint density at radius 3 is 1.96 bits per heavy atom. The Kier molecular flexibility index (Phi) is 16.7. The SMILES string of the molecule is CC(C)C(=O)OCC(C)(C)C.CCCCC(CC)COCC(C)CC. The lowest BCUT2D eigenvalue weighted by Gasteiger charge is -2.18. The lowest BCUT2D eigenvalue weighted by Crippen LogP contribution is -2.20. The van der Waals surface area contributed by atoms with Gasteiger partial charge < -0.3 is 9.47 Å². The topological polar surface area (TPSA) is 35.5 Å². The van der Waals surface area contributed by atoms with Gasteiger partial charge in [-0.1, -0.05) is 88.0 Å². The van der Waals surface area contributed by atoms with E-state index in [1.54, 1.807) is 0 Å². The summed E-state index contributed by atoms with van der Waals surface area (Å²) in [6.45, 7) is 21.2. The zero-order valence-electron chi connectivity index (χ0n) is 18.6. The summed E-state index contributed by atoms with van der Waals surface area (Å²) < 4.78 is 10.8. The van der Waals surface area contributed by atoms with Crippen molar-refractivity contribution in [1.82, 2.24) is 0 Å². The molecule has 0 aromatic carbocycles. The first-order valence-electron chi connectivity index (χ1n) is 10.3. The standard InChI is InChI=1S/C13H28O.C9H18O2/c1-5-8-9-13(7-3)11-14-10-12(4)6-2;1-7(2)8(10)11-6-9(3,4)5/h12-13H,5-11H2,1-4H3;7H,6H2,1-5H3. The number of unbranched alkanes of at least 4 members (excludes halogenated alkanes) is 1. The lowest BCUT2D eigenvalue weighted by atomic mass is 9.99. The van der Waals surface area contributed by atoms with E-state index >= 15 is 0 Å². The molecule has 3 nitrogen and oxygen atoms in total. The van der Waals surface area contributed by atoms with E-state index in [2.05, 4.69) is 27.7 Å². The van der Waals surface area contributed by atoms with Crippen molar-refractivity contribution in [3.8, 4) is 0 Å². The zero-order chi connectivity index (χ0) is 19.9. The second kappa shape index (κ2) is 15.7. The van der Waals surface area contributed by atoms with Gasteiger partial charge >= 0.3 is 5.97 Å². The number of ether oxygens (including phenoxy) is 2. The van der Waals surface area contributed by atoms with Gasteiger partial charge in [0.2, 0.25) is 0 Å². The van der Waals surface area contributed by atoms with Gasteiger partial charge in [0, 0.05) is 13.2 Å². The first-order chi connectivity index (χ1) is 11.6. The summed E-state index contributed by atoms with van der Waals surface area (Å²) in [4.78, 5) is 11.0. The fourth-order valence-electron chi connectivity index (χ4n) is 1.91. The molecule has 0 rings (SSSR count). The van der Waals surface area contributed by atoms with Gasteiger partial charge in [-0.25, -0.2) is 0 Å². The first-order valence-corrected chi connectivity index (χ1v) is 10.3. The molecule has 0 spiro atoms. The van der Waals surface area contributed by atoms with Gasteiger partial charge in [-0.05, 0) is 23.7 Å². The number of esters is 1. The maximum Gasteiger partial charge on any atom is 0.308 e. The quantitative estimate of drug-likeness (QED) is 0.396. The second-order valence-electron chi connectivity index (χ2n) is 8.79. The molecule has 0 fully saturated rings. The minimum absolute atomic E-state index is 0.0163. The third-order valence-corrected chi connectivity index (χ3v) is 4.11. The minimum Gasteiger partial charge on any atom is -0.465 e. The van der Waals surface area contributed by atoms with Gasteiger partial charge in [-0.3, -0.25) is 4.79 Å². The molecule has 0 radical (unpaired) electrons. The van der Waals surface area contributed by atoms with Crippen molar-refractivity contribution in [2.24, 2.45) is 23.2 Å². The van der Waals surface area contributed by atoms with E-state index in [0.29, 0.717) is 6.61 Å². The molecule has 25 heavy (non-hydrogen) atoms. The predicted molar refractivity (Wildman–Crippen MR) is 109 cm³/mol. The normalized spacial score (nSPS) is 13.8. The summed E-state index contributed by atoms with van der Waals surface area (Å²) in [6, 6.07) is 0. The van der Waals surface area contributed by atoms with Crippen LogP contribution in [-0.2, 0) is 14.3 Å². The van der Waals surface area contributed by atoms with Crippen LogP contribution in [0.5, 0.6) is 0 Å². The predicted octanol–water partition coefficient (Wildman–Crippen LogP) is 6.50. The molecule has 0 N–H and O–H groups in total. The molecule has 0 aromatic heterocycles. The van der Waals surface area contributed by atoms with Crippen molar-refractivity contribution in [2.75, 3.05) is 19.8 Å². The third kappa shape index (κ3) is 19.6. The van der Waals surface area contributed by atoms with Crippen LogP contribution >= 0.6 is 0 Å². The number of carbonyl (C=O) groups excluding carboxylic acids is 1. The van der Waals surface area contributed by atoms with Crippen LogP contribution in [-0.4, -0.2) is 25.8 Å². The molecule has 0 aliphatic carbocycles. The number of rotatable bonds is 11. The highest BCUT2D eigenvalue weighted by Gasteiger charge is 2.15. The molecule has 3 heteroatoms. The molecule has 2 atom stereocenters. The summed E-state index contributed by atoms with van der Waals surface area (Å²) in [5.74, 6) is 1.38. The van der Waals surface area contributed by atoms with Crippen molar-refractivity contribution < 1.29 is 14.3 Å². The van der Waals surface area contributed by atoms with Gasteiger partial charge in [-0.2, -0.15) is 0 Å². The maximum atomic E-state index is 11.0. The summed E-state index contributed by atoms with van der Waals surface area (Å²) in [6.07, 6.45) is 6.49. The third-order valence-electron chi connectivity index (χ3n) is 4.11. The molecule has 0 aliphatic heterocycles. The van der Waals surface area contributed by atoms with E-state index < -0.39 is 0 Å². The highest BCUT2D eigenvalue weighted by Crippen LogP contribution is 2.14. The van der Waals surface area contributed by atoms with Crippen LogP contribution in [0, 0.1) is 23.2 Å². The van der Waals surface area contributed by atoms with Crippen molar-refractivity contribution in [3.63, 3.8) is 0 Å². The summed E-state index contributed by atoms with van der Waals surface area (Å²) >= 11 is 0. The molecular formula is C22H46O3. The van der Waals surface area contributed by atoms with Crippen LogP contribution in [0.2, 0.25) is 0 Å². The van der Waals surface area contributed by atoms with Crippen molar-refractivity contribution >= 4 is 5.97 Å². The fourth-order valence-corrected chi connectivity index (χ4v) is 1.91. The Balaban J connectivity index is 0. The summed E-state index contributed by atoms with van der Waals surface area (Å²) in [5, 5.41) is 0. The molecule has 0 saturated heterocycles. The average molecular weight is 359 g/mol. The highest BCUT2D eigenvalue weighted by molar-refractivity contribution is 5.71. The van der Waals surface area contributed by atoms with Crippen molar-refractivity contribution in [3.05, 3.63) is 0 Å². The second-order valence-corrected chi connectivity index (χ2v) is 8.79. The van der Waals surface area contributed by atoms with E-state index in [-0.39, 0.29) is 17.3 Å². The summed E-state index contributed by atoms with van der Waals surface area (Å²) in [7, 11) is 0. The molecular weight excluding hydrogens is 312 g/mol. The van der Waals surface area contributed by atoms with Gasteiger partial charge in [0.15, 0.2) is 0 Å². The van der Waals surface area contributed by atoms with E-state index in [1.807, 2.05) is 34.6 Å². The lowest BCUT2D eigenvalue weighted by molar-refractivity contribution is -0.150. The monoisotopic (exact) mass is 358 g/mol. The van der Waals surface area contributed by atoms with Crippen LogP contribution in [0.4, 0.5) is 0 Å². The number of hydrogen-bond donors (Lipinski definition) is 0.